The van der Waals surface area contributed by atoms with Crippen LogP contribution in [0.15, 0.2) is 76.9 Å². The quantitative estimate of drug-likeness (QED) is 0.282. The summed E-state index contributed by atoms with van der Waals surface area (Å²) < 4.78 is 11.2. The second-order valence-electron chi connectivity index (χ2n) is 8.30. The van der Waals surface area contributed by atoms with Crippen LogP contribution in [0.2, 0.25) is 0 Å². The van der Waals surface area contributed by atoms with Gasteiger partial charge < -0.3 is 14.3 Å². The smallest absolute Gasteiger partial charge is 0.300 e. The third-order valence-corrected chi connectivity index (χ3v) is 5.70. The molecule has 1 atom stereocenters. The number of furan rings is 1. The number of aliphatic hydroxyl groups is 1. The molecule has 1 fully saturated rings. The average molecular weight is 446 g/mol. The molecule has 1 saturated heterocycles. The maximum atomic E-state index is 13.1. The van der Waals surface area contributed by atoms with Crippen molar-refractivity contribution in [2.24, 2.45) is 0 Å². The number of carbonyl (C=O) groups is 2. The maximum Gasteiger partial charge on any atom is 0.300 e. The maximum absolute atomic E-state index is 13.1. The van der Waals surface area contributed by atoms with Crippen molar-refractivity contribution in [2.75, 3.05) is 11.5 Å². The van der Waals surface area contributed by atoms with Crippen molar-refractivity contribution >= 4 is 23.1 Å². The van der Waals surface area contributed by atoms with Gasteiger partial charge in [-0.2, -0.15) is 0 Å². The molecule has 6 nitrogen and oxygen atoms in total. The highest BCUT2D eigenvalue weighted by Crippen LogP contribution is 2.42. The molecule has 33 heavy (non-hydrogen) atoms. The van der Waals surface area contributed by atoms with Crippen LogP contribution in [0.3, 0.4) is 0 Å². The van der Waals surface area contributed by atoms with E-state index in [2.05, 4.69) is 13.8 Å². The monoisotopic (exact) mass is 445 g/mol. The van der Waals surface area contributed by atoms with E-state index in [4.69, 9.17) is 9.15 Å². The first-order valence-corrected chi connectivity index (χ1v) is 11.1. The van der Waals surface area contributed by atoms with E-state index in [0.29, 0.717) is 35.3 Å². The van der Waals surface area contributed by atoms with Gasteiger partial charge in [-0.15, -0.1) is 0 Å². The summed E-state index contributed by atoms with van der Waals surface area (Å²) in [6.07, 6.45) is 2.36. The number of hydrogen-bond donors (Lipinski definition) is 1. The first-order chi connectivity index (χ1) is 15.9. The van der Waals surface area contributed by atoms with Crippen molar-refractivity contribution in [1.82, 2.24) is 0 Å². The van der Waals surface area contributed by atoms with E-state index in [1.165, 1.54) is 11.2 Å². The predicted molar refractivity (Wildman–Crippen MR) is 126 cm³/mol. The summed E-state index contributed by atoms with van der Waals surface area (Å²) in [4.78, 5) is 27.6. The van der Waals surface area contributed by atoms with Gasteiger partial charge in [0.25, 0.3) is 11.7 Å². The van der Waals surface area contributed by atoms with E-state index in [1.54, 1.807) is 36.4 Å². The van der Waals surface area contributed by atoms with Crippen LogP contribution in [0.25, 0.3) is 5.76 Å². The highest BCUT2D eigenvalue weighted by Gasteiger charge is 2.48. The molecule has 4 rings (SSSR count). The van der Waals surface area contributed by atoms with E-state index in [1.807, 2.05) is 31.2 Å². The highest BCUT2D eigenvalue weighted by atomic mass is 16.5. The number of ether oxygens (including phenoxy) is 1. The van der Waals surface area contributed by atoms with Crippen LogP contribution < -0.4 is 9.64 Å². The lowest BCUT2D eigenvalue weighted by atomic mass is 9.98. The van der Waals surface area contributed by atoms with E-state index >= 15 is 0 Å². The molecule has 1 amide bonds. The molecule has 1 unspecified atom stereocenters. The summed E-state index contributed by atoms with van der Waals surface area (Å²) in [6.45, 7) is 6.78. The van der Waals surface area contributed by atoms with Crippen LogP contribution >= 0.6 is 0 Å². The first kappa shape index (κ1) is 22.4. The number of benzene rings is 2. The van der Waals surface area contributed by atoms with Gasteiger partial charge in [-0.25, -0.2) is 0 Å². The zero-order chi connectivity index (χ0) is 23.5. The Labute approximate surface area is 193 Å². The van der Waals surface area contributed by atoms with Gasteiger partial charge in [0.2, 0.25) is 0 Å². The minimum atomic E-state index is -0.874. The Morgan fingerprint density at radius 2 is 1.76 bits per heavy atom. The SMILES string of the molecule is CCCOc1ccc(/C(O)=C2/C(=O)C(=O)N(c3ccc(C(C)C)cc3)C2c2ccco2)cc1. The van der Waals surface area contributed by atoms with Gasteiger partial charge in [0.05, 0.1) is 18.4 Å². The largest absolute Gasteiger partial charge is 0.507 e. The minimum absolute atomic E-state index is 0.00915. The van der Waals surface area contributed by atoms with Crippen molar-refractivity contribution in [1.29, 1.82) is 0 Å². The summed E-state index contributed by atoms with van der Waals surface area (Å²) in [5.41, 5.74) is 2.09. The summed E-state index contributed by atoms with van der Waals surface area (Å²) in [6, 6.07) is 16.8. The van der Waals surface area contributed by atoms with Gasteiger partial charge in [0.1, 0.15) is 23.3 Å². The van der Waals surface area contributed by atoms with Crippen molar-refractivity contribution in [3.8, 4) is 5.75 Å². The third-order valence-electron chi connectivity index (χ3n) is 5.70. The zero-order valence-corrected chi connectivity index (χ0v) is 18.9. The van der Waals surface area contributed by atoms with Crippen molar-refractivity contribution in [3.05, 3.63) is 89.4 Å². The van der Waals surface area contributed by atoms with Gasteiger partial charge in [0.15, 0.2) is 0 Å². The number of aliphatic hydroxyl groups excluding tert-OH is 1. The Morgan fingerprint density at radius 1 is 1.06 bits per heavy atom. The molecular weight excluding hydrogens is 418 g/mol. The van der Waals surface area contributed by atoms with Gasteiger partial charge in [0, 0.05) is 11.3 Å². The van der Waals surface area contributed by atoms with Crippen LogP contribution in [0.4, 0.5) is 5.69 Å². The Balaban J connectivity index is 1.78. The molecule has 2 heterocycles. The minimum Gasteiger partial charge on any atom is -0.507 e. The summed E-state index contributed by atoms with van der Waals surface area (Å²) >= 11 is 0. The molecule has 1 aliphatic heterocycles. The Morgan fingerprint density at radius 3 is 2.33 bits per heavy atom. The van der Waals surface area contributed by atoms with Gasteiger partial charge in [-0.1, -0.05) is 32.9 Å². The third kappa shape index (κ3) is 4.29. The van der Waals surface area contributed by atoms with Crippen molar-refractivity contribution < 1.29 is 23.8 Å². The van der Waals surface area contributed by atoms with E-state index in [9.17, 15) is 14.7 Å². The Hall–Kier alpha value is -3.80. The van der Waals surface area contributed by atoms with E-state index < -0.39 is 17.7 Å². The summed E-state index contributed by atoms with van der Waals surface area (Å²) in [5, 5.41) is 11.1. The van der Waals surface area contributed by atoms with Crippen molar-refractivity contribution in [2.45, 2.75) is 39.2 Å². The Bertz CT molecular complexity index is 1160. The number of ketones is 1. The van der Waals surface area contributed by atoms with Gasteiger partial charge in [-0.3, -0.25) is 14.5 Å². The average Bonchev–Trinajstić information content (AvgIpc) is 3.44. The predicted octanol–water partition coefficient (Wildman–Crippen LogP) is 5.82. The van der Waals surface area contributed by atoms with Gasteiger partial charge >= 0.3 is 0 Å². The molecule has 1 aliphatic rings. The number of Topliss-reactive ketones (excluding diaryl/α,β-unsaturated/α-hetero) is 1. The van der Waals surface area contributed by atoms with Gasteiger partial charge in [-0.05, 0) is 66.4 Å². The van der Waals surface area contributed by atoms with E-state index in [-0.39, 0.29) is 11.3 Å². The summed E-state index contributed by atoms with van der Waals surface area (Å²) in [7, 11) is 0. The second kappa shape index (κ2) is 9.36. The Kier molecular flexibility index (Phi) is 6.36. The molecule has 6 heteroatoms. The van der Waals surface area contributed by atoms with Crippen LogP contribution in [-0.4, -0.2) is 23.4 Å². The van der Waals surface area contributed by atoms with Crippen LogP contribution in [0, 0.1) is 0 Å². The molecule has 2 aromatic carbocycles. The standard InChI is InChI=1S/C27H27NO5/c1-4-15-32-21-13-9-19(10-14-21)25(29)23-24(22-6-5-16-33-22)28(27(31)26(23)30)20-11-7-18(8-12-20)17(2)3/h5-14,16-17,24,29H,4,15H2,1-3H3/b25-23-. The lowest BCUT2D eigenvalue weighted by Gasteiger charge is -2.23. The van der Waals surface area contributed by atoms with Crippen molar-refractivity contribution in [3.63, 3.8) is 0 Å². The van der Waals surface area contributed by atoms with Crippen LogP contribution in [-0.2, 0) is 9.59 Å². The molecule has 0 radical (unpaired) electrons. The molecule has 1 aromatic heterocycles. The molecule has 0 saturated carbocycles. The number of amides is 1. The molecule has 0 bridgehead atoms. The fourth-order valence-corrected chi connectivity index (χ4v) is 3.92. The lowest BCUT2D eigenvalue weighted by molar-refractivity contribution is -0.132. The first-order valence-electron chi connectivity index (χ1n) is 11.1. The molecule has 170 valence electrons. The topological polar surface area (TPSA) is 80.0 Å². The fraction of sp³-hybridized carbons (Fsp3) is 0.259. The fourth-order valence-electron chi connectivity index (χ4n) is 3.92. The molecule has 3 aromatic rings. The number of hydrogen-bond acceptors (Lipinski definition) is 5. The molecule has 0 aliphatic carbocycles. The number of anilines is 1. The molecule has 1 N–H and O–H groups in total. The van der Waals surface area contributed by atoms with Crippen LogP contribution in [0.5, 0.6) is 5.75 Å². The summed E-state index contributed by atoms with van der Waals surface area (Å²) in [5.74, 6) is -0.322. The zero-order valence-electron chi connectivity index (χ0n) is 18.9. The number of nitrogens with zero attached hydrogens (tertiary/aromatic N) is 1. The molecule has 0 spiro atoms. The highest BCUT2D eigenvalue weighted by molar-refractivity contribution is 6.51. The number of rotatable bonds is 7. The second-order valence-corrected chi connectivity index (χ2v) is 8.30. The lowest BCUT2D eigenvalue weighted by Crippen LogP contribution is -2.29. The normalized spacial score (nSPS) is 17.7. The molecular formula is C27H27NO5. The van der Waals surface area contributed by atoms with E-state index in [0.717, 1.165) is 12.0 Å². The number of carbonyl (C=O) groups excluding carboxylic acids is 2. The van der Waals surface area contributed by atoms with Crippen LogP contribution in [0.1, 0.15) is 56.0 Å².